The molecule has 0 saturated carbocycles. The summed E-state index contributed by atoms with van der Waals surface area (Å²) in [6.45, 7) is -0.515. The Morgan fingerprint density at radius 3 is 2.54 bits per heavy atom. The quantitative estimate of drug-likeness (QED) is 0.503. The maximum atomic E-state index is 11.6. The summed E-state index contributed by atoms with van der Waals surface area (Å²) < 4.78 is 6.30. The molecule has 1 amide bonds. The molecule has 0 spiro atoms. The highest BCUT2D eigenvalue weighted by Crippen LogP contribution is 2.29. The zero-order valence-electron chi connectivity index (χ0n) is 13.3. The molecule has 0 radical (unpaired) electrons. The lowest BCUT2D eigenvalue weighted by Crippen LogP contribution is -2.34. The number of benzene rings is 1. The van der Waals surface area contributed by atoms with Crippen molar-refractivity contribution >= 4 is 17.5 Å². The van der Waals surface area contributed by atoms with E-state index in [4.69, 9.17) is 27.2 Å². The molecule has 1 fully saturated rings. The fourth-order valence-corrected chi connectivity index (χ4v) is 2.59. The van der Waals surface area contributed by atoms with Gasteiger partial charge >= 0.3 is 0 Å². The van der Waals surface area contributed by atoms with Gasteiger partial charge in [0, 0.05) is 10.6 Å². The van der Waals surface area contributed by atoms with E-state index in [1.807, 2.05) is 0 Å². The van der Waals surface area contributed by atoms with E-state index >= 15 is 0 Å². The van der Waals surface area contributed by atoms with Crippen LogP contribution in [0.4, 0.5) is 0 Å². The lowest BCUT2D eigenvalue weighted by molar-refractivity contribution is -0.0595. The Labute approximate surface area is 153 Å². The molecule has 3 rings (SSSR count). The zero-order chi connectivity index (χ0) is 18.8. The smallest absolute Gasteiger partial charge is 0.286 e. The number of hydrogen-bond donors (Lipinski definition) is 4. The standard InChI is InChI=1S/C16H15ClN4O5/c17-9-4-1-8(2-5-9)3-6-11-19-15(14(18)25)21(20-11)16-13(24)12(23)10(7-22)26-16/h1-2,4-5,10,12-13,16,22-24H,7H2,(H2,18,25)/t10-,12-,13-,16-/m1/s1. The molecule has 26 heavy (non-hydrogen) atoms. The number of nitrogens with zero attached hydrogens (tertiary/aromatic N) is 3. The summed E-state index contributed by atoms with van der Waals surface area (Å²) >= 11 is 5.81. The molecule has 1 aliphatic heterocycles. The molecule has 9 nitrogen and oxygen atoms in total. The maximum absolute atomic E-state index is 11.6. The van der Waals surface area contributed by atoms with Gasteiger partial charge in [0.1, 0.15) is 18.3 Å². The summed E-state index contributed by atoms with van der Waals surface area (Å²) in [6, 6.07) is 6.75. The topological polar surface area (TPSA) is 144 Å². The van der Waals surface area contributed by atoms with Crippen LogP contribution in [-0.2, 0) is 4.74 Å². The molecule has 5 N–H and O–H groups in total. The molecule has 2 aromatic rings. The van der Waals surface area contributed by atoms with Crippen LogP contribution in [0.2, 0.25) is 5.02 Å². The van der Waals surface area contributed by atoms with Crippen LogP contribution < -0.4 is 5.73 Å². The Morgan fingerprint density at radius 1 is 1.27 bits per heavy atom. The molecular weight excluding hydrogens is 364 g/mol. The fourth-order valence-electron chi connectivity index (χ4n) is 2.47. The number of carbonyl (C=O) groups excluding carboxylic acids is 1. The molecule has 136 valence electrons. The van der Waals surface area contributed by atoms with Crippen molar-refractivity contribution in [3.63, 3.8) is 0 Å². The second-order valence-electron chi connectivity index (χ2n) is 5.55. The Balaban J connectivity index is 1.93. The third kappa shape index (κ3) is 3.55. The van der Waals surface area contributed by atoms with Crippen molar-refractivity contribution in [2.24, 2.45) is 5.73 Å². The second kappa shape index (κ2) is 7.41. The van der Waals surface area contributed by atoms with Gasteiger partial charge in [-0.25, -0.2) is 4.68 Å². The lowest BCUT2D eigenvalue weighted by atomic mass is 10.1. The number of aromatic nitrogens is 3. The van der Waals surface area contributed by atoms with E-state index in [1.165, 1.54) is 0 Å². The summed E-state index contributed by atoms with van der Waals surface area (Å²) in [7, 11) is 0. The Kier molecular flexibility index (Phi) is 5.22. The maximum Gasteiger partial charge on any atom is 0.286 e. The van der Waals surface area contributed by atoms with E-state index < -0.39 is 37.1 Å². The average Bonchev–Trinajstić information content (AvgIpc) is 3.16. The minimum atomic E-state index is -1.43. The summed E-state index contributed by atoms with van der Waals surface area (Å²) in [5, 5.41) is 33.7. The van der Waals surface area contributed by atoms with Crippen molar-refractivity contribution in [3.8, 4) is 11.8 Å². The predicted octanol–water partition coefficient (Wildman–Crippen LogP) is -0.958. The number of rotatable bonds is 3. The molecule has 1 saturated heterocycles. The van der Waals surface area contributed by atoms with Crippen molar-refractivity contribution in [2.75, 3.05) is 6.61 Å². The van der Waals surface area contributed by atoms with E-state index in [1.54, 1.807) is 24.3 Å². The van der Waals surface area contributed by atoms with Gasteiger partial charge in [0.25, 0.3) is 5.91 Å². The van der Waals surface area contributed by atoms with Gasteiger partial charge in [-0.15, -0.1) is 5.10 Å². The highest BCUT2D eigenvalue weighted by Gasteiger charge is 2.45. The average molecular weight is 379 g/mol. The number of aliphatic hydroxyl groups excluding tert-OH is 3. The van der Waals surface area contributed by atoms with Crippen LogP contribution in [0.25, 0.3) is 0 Å². The Morgan fingerprint density at radius 2 is 1.96 bits per heavy atom. The molecule has 1 aromatic heterocycles. The van der Waals surface area contributed by atoms with Gasteiger partial charge < -0.3 is 25.8 Å². The monoisotopic (exact) mass is 378 g/mol. The summed E-state index contributed by atoms with van der Waals surface area (Å²) in [5.74, 6) is 4.26. The number of hydrogen-bond acceptors (Lipinski definition) is 7. The first-order valence-corrected chi connectivity index (χ1v) is 7.95. The second-order valence-corrected chi connectivity index (χ2v) is 5.99. The largest absolute Gasteiger partial charge is 0.394 e. The molecule has 1 aliphatic rings. The fraction of sp³-hybridized carbons (Fsp3) is 0.312. The van der Waals surface area contributed by atoms with Gasteiger partial charge in [0.2, 0.25) is 11.6 Å². The van der Waals surface area contributed by atoms with E-state index in [0.29, 0.717) is 10.6 Å². The molecule has 0 aliphatic carbocycles. The van der Waals surface area contributed by atoms with E-state index in [-0.39, 0.29) is 11.6 Å². The van der Waals surface area contributed by atoms with Crippen molar-refractivity contribution in [3.05, 3.63) is 46.5 Å². The minimum Gasteiger partial charge on any atom is -0.394 e. The van der Waals surface area contributed by atoms with Crippen LogP contribution in [0, 0.1) is 11.8 Å². The number of ether oxygens (including phenoxy) is 1. The number of halogens is 1. The summed E-state index contributed by atoms with van der Waals surface area (Å²) in [4.78, 5) is 15.6. The van der Waals surface area contributed by atoms with Crippen LogP contribution in [0.1, 0.15) is 28.2 Å². The van der Waals surface area contributed by atoms with Gasteiger partial charge in [-0.3, -0.25) is 4.79 Å². The Hall–Kier alpha value is -2.48. The highest BCUT2D eigenvalue weighted by molar-refractivity contribution is 6.30. The van der Waals surface area contributed by atoms with Crippen LogP contribution in [0.3, 0.4) is 0 Å². The number of nitrogens with two attached hydrogens (primary N) is 1. The zero-order valence-corrected chi connectivity index (χ0v) is 14.0. The molecule has 0 bridgehead atoms. The summed E-state index contributed by atoms with van der Waals surface area (Å²) in [6.07, 6.45) is -5.03. The van der Waals surface area contributed by atoms with Gasteiger partial charge in [0.05, 0.1) is 6.61 Å². The van der Waals surface area contributed by atoms with Crippen LogP contribution in [-0.4, -0.2) is 60.9 Å². The SMILES string of the molecule is NC(=O)c1nc(C#Cc2ccc(Cl)cc2)nn1[C@@H]1O[C@H](CO)[C@@H](O)[C@H]1O. The normalized spacial score (nSPS) is 24.9. The number of carbonyl (C=O) groups is 1. The van der Waals surface area contributed by atoms with Crippen LogP contribution >= 0.6 is 11.6 Å². The first-order valence-electron chi connectivity index (χ1n) is 7.57. The Bertz CT molecular complexity index is 873. The van der Waals surface area contributed by atoms with Crippen LogP contribution in [0.5, 0.6) is 0 Å². The third-order valence-electron chi connectivity index (χ3n) is 3.77. The molecule has 4 atom stereocenters. The lowest BCUT2D eigenvalue weighted by Gasteiger charge is -2.15. The van der Waals surface area contributed by atoms with Gasteiger partial charge in [0.15, 0.2) is 6.23 Å². The molecule has 2 heterocycles. The number of primary amides is 1. The van der Waals surface area contributed by atoms with Crippen molar-refractivity contribution in [1.82, 2.24) is 14.8 Å². The number of aliphatic hydroxyl groups is 3. The van der Waals surface area contributed by atoms with Gasteiger partial charge in [-0.1, -0.05) is 17.5 Å². The van der Waals surface area contributed by atoms with E-state index in [2.05, 4.69) is 21.9 Å². The first-order chi connectivity index (χ1) is 12.4. The van der Waals surface area contributed by atoms with E-state index in [0.717, 1.165) is 4.68 Å². The van der Waals surface area contributed by atoms with Gasteiger partial charge in [-0.2, -0.15) is 4.98 Å². The molecule has 1 aromatic carbocycles. The minimum absolute atomic E-state index is 0.0218. The van der Waals surface area contributed by atoms with Crippen molar-refractivity contribution in [1.29, 1.82) is 0 Å². The van der Waals surface area contributed by atoms with Crippen LogP contribution in [0.15, 0.2) is 24.3 Å². The van der Waals surface area contributed by atoms with Gasteiger partial charge in [-0.05, 0) is 30.2 Å². The molecular formula is C16H15ClN4O5. The number of amides is 1. The highest BCUT2D eigenvalue weighted by atomic mass is 35.5. The molecule has 0 unspecified atom stereocenters. The first kappa shape index (κ1) is 18.3. The van der Waals surface area contributed by atoms with Crippen molar-refractivity contribution in [2.45, 2.75) is 24.5 Å². The molecule has 10 heteroatoms. The van der Waals surface area contributed by atoms with Crippen molar-refractivity contribution < 1.29 is 24.9 Å². The third-order valence-corrected chi connectivity index (χ3v) is 4.02. The predicted molar refractivity (Wildman–Crippen MR) is 89.0 cm³/mol. The van der Waals surface area contributed by atoms with E-state index in [9.17, 15) is 15.0 Å². The summed E-state index contributed by atoms with van der Waals surface area (Å²) in [5.41, 5.74) is 5.94.